The van der Waals surface area contributed by atoms with Crippen LogP contribution in [0.2, 0.25) is 0 Å². The van der Waals surface area contributed by atoms with Crippen LogP contribution in [0.25, 0.3) is 0 Å². The zero-order valence-electron chi connectivity index (χ0n) is 10.7. The van der Waals surface area contributed by atoms with Gasteiger partial charge in [0.1, 0.15) is 11.6 Å². The van der Waals surface area contributed by atoms with Crippen LogP contribution in [0.4, 0.5) is 8.78 Å². The lowest BCUT2D eigenvalue weighted by molar-refractivity contribution is 0.535. The molecule has 0 aliphatic carbocycles. The summed E-state index contributed by atoms with van der Waals surface area (Å²) >= 11 is 0. The van der Waals surface area contributed by atoms with E-state index in [0.29, 0.717) is 6.54 Å². The highest BCUT2D eigenvalue weighted by molar-refractivity contribution is 5.34. The molecule has 0 unspecified atom stereocenters. The summed E-state index contributed by atoms with van der Waals surface area (Å²) in [4.78, 5) is 3.99. The standard InChI is InChI=1S/C15H13F2N3/c16-14-6-12(8-18)7-15(17)13(14)10-20-5-3-11-2-1-4-19-9-11/h1-2,4,6-7,9,20H,3,5,10H2. The van der Waals surface area contributed by atoms with Crippen molar-refractivity contribution in [1.82, 2.24) is 10.3 Å². The van der Waals surface area contributed by atoms with E-state index in [1.807, 2.05) is 12.1 Å². The first-order valence-electron chi connectivity index (χ1n) is 6.18. The lowest BCUT2D eigenvalue weighted by atomic mass is 10.1. The maximum atomic E-state index is 13.6. The molecule has 1 heterocycles. The summed E-state index contributed by atoms with van der Waals surface area (Å²) < 4.78 is 27.2. The maximum absolute atomic E-state index is 13.6. The highest BCUT2D eigenvalue weighted by Crippen LogP contribution is 2.14. The van der Waals surface area contributed by atoms with Crippen LogP contribution in [0.3, 0.4) is 0 Å². The third-order valence-electron chi connectivity index (χ3n) is 2.89. The molecular weight excluding hydrogens is 260 g/mol. The lowest BCUT2D eigenvalue weighted by Gasteiger charge is -2.07. The van der Waals surface area contributed by atoms with Gasteiger partial charge in [0.05, 0.1) is 11.6 Å². The molecule has 0 aliphatic rings. The van der Waals surface area contributed by atoms with Gasteiger partial charge in [-0.05, 0) is 36.7 Å². The summed E-state index contributed by atoms with van der Waals surface area (Å²) in [6.45, 7) is 0.675. The summed E-state index contributed by atoms with van der Waals surface area (Å²) in [6.07, 6.45) is 4.18. The van der Waals surface area contributed by atoms with E-state index in [1.165, 1.54) is 0 Å². The van der Waals surface area contributed by atoms with Gasteiger partial charge in [-0.2, -0.15) is 5.26 Å². The zero-order chi connectivity index (χ0) is 14.4. The number of halogens is 2. The Balaban J connectivity index is 1.90. The van der Waals surface area contributed by atoms with Crippen molar-refractivity contribution in [3.05, 3.63) is 65.0 Å². The van der Waals surface area contributed by atoms with E-state index in [4.69, 9.17) is 5.26 Å². The van der Waals surface area contributed by atoms with E-state index in [0.717, 1.165) is 24.1 Å². The Morgan fingerprint density at radius 2 is 2.00 bits per heavy atom. The Labute approximate surface area is 115 Å². The van der Waals surface area contributed by atoms with Crippen molar-refractivity contribution in [3.8, 4) is 6.07 Å². The van der Waals surface area contributed by atoms with Crippen molar-refractivity contribution < 1.29 is 8.78 Å². The largest absolute Gasteiger partial charge is 0.312 e. The minimum atomic E-state index is -0.699. The van der Waals surface area contributed by atoms with Gasteiger partial charge in [0.15, 0.2) is 0 Å². The molecule has 0 radical (unpaired) electrons. The highest BCUT2D eigenvalue weighted by atomic mass is 19.1. The Morgan fingerprint density at radius 1 is 1.25 bits per heavy atom. The fraction of sp³-hybridized carbons (Fsp3) is 0.200. The highest BCUT2D eigenvalue weighted by Gasteiger charge is 2.10. The molecule has 0 fully saturated rings. The van der Waals surface area contributed by atoms with Crippen molar-refractivity contribution in [2.75, 3.05) is 6.54 Å². The quantitative estimate of drug-likeness (QED) is 0.852. The average Bonchev–Trinajstić information content (AvgIpc) is 2.46. The minimum absolute atomic E-state index is 0.0147. The molecule has 1 N–H and O–H groups in total. The van der Waals surface area contributed by atoms with E-state index < -0.39 is 11.6 Å². The van der Waals surface area contributed by atoms with Gasteiger partial charge in [-0.3, -0.25) is 4.98 Å². The third-order valence-corrected chi connectivity index (χ3v) is 2.89. The first-order valence-corrected chi connectivity index (χ1v) is 6.18. The van der Waals surface area contributed by atoms with Gasteiger partial charge in [0.25, 0.3) is 0 Å². The van der Waals surface area contributed by atoms with E-state index in [-0.39, 0.29) is 17.7 Å². The molecule has 0 amide bonds. The van der Waals surface area contributed by atoms with Crippen molar-refractivity contribution in [1.29, 1.82) is 5.26 Å². The van der Waals surface area contributed by atoms with Crippen LogP contribution < -0.4 is 5.32 Å². The van der Waals surface area contributed by atoms with Crippen LogP contribution in [0.15, 0.2) is 36.7 Å². The number of nitrogens with zero attached hydrogens (tertiary/aromatic N) is 2. The lowest BCUT2D eigenvalue weighted by Crippen LogP contribution is -2.18. The van der Waals surface area contributed by atoms with Crippen LogP contribution in [-0.4, -0.2) is 11.5 Å². The van der Waals surface area contributed by atoms with Crippen LogP contribution in [-0.2, 0) is 13.0 Å². The number of benzene rings is 1. The van der Waals surface area contributed by atoms with Gasteiger partial charge in [-0.1, -0.05) is 6.07 Å². The van der Waals surface area contributed by atoms with Crippen molar-refractivity contribution in [2.45, 2.75) is 13.0 Å². The molecule has 1 aromatic heterocycles. The number of nitrogens with one attached hydrogen (secondary N) is 1. The van der Waals surface area contributed by atoms with Gasteiger partial charge in [-0.25, -0.2) is 8.78 Å². The second kappa shape index (κ2) is 6.73. The van der Waals surface area contributed by atoms with E-state index in [2.05, 4.69) is 10.3 Å². The molecule has 2 aromatic rings. The molecule has 3 nitrogen and oxygen atoms in total. The van der Waals surface area contributed by atoms with Gasteiger partial charge >= 0.3 is 0 Å². The Morgan fingerprint density at radius 3 is 2.60 bits per heavy atom. The van der Waals surface area contributed by atoms with Crippen molar-refractivity contribution >= 4 is 0 Å². The molecule has 0 bridgehead atoms. The SMILES string of the molecule is N#Cc1cc(F)c(CNCCc2cccnc2)c(F)c1. The van der Waals surface area contributed by atoms with Crippen LogP contribution >= 0.6 is 0 Å². The molecular formula is C15H13F2N3. The normalized spacial score (nSPS) is 10.2. The summed E-state index contributed by atoms with van der Waals surface area (Å²) in [5.74, 6) is -1.40. The molecule has 102 valence electrons. The molecule has 20 heavy (non-hydrogen) atoms. The number of rotatable bonds is 5. The number of hydrogen-bond acceptors (Lipinski definition) is 3. The summed E-state index contributed by atoms with van der Waals surface area (Å²) in [7, 11) is 0. The summed E-state index contributed by atoms with van der Waals surface area (Å²) in [5.41, 5.74) is 0.995. The molecule has 0 saturated carbocycles. The smallest absolute Gasteiger partial charge is 0.131 e. The Kier molecular flexibility index (Phi) is 4.75. The molecule has 2 rings (SSSR count). The van der Waals surface area contributed by atoms with Crippen molar-refractivity contribution in [3.63, 3.8) is 0 Å². The molecule has 0 spiro atoms. The van der Waals surface area contributed by atoms with E-state index in [1.54, 1.807) is 18.5 Å². The number of hydrogen-bond donors (Lipinski definition) is 1. The zero-order valence-corrected chi connectivity index (χ0v) is 10.7. The first kappa shape index (κ1) is 14.1. The fourth-order valence-electron chi connectivity index (χ4n) is 1.83. The molecule has 0 aliphatic heterocycles. The monoisotopic (exact) mass is 273 g/mol. The van der Waals surface area contributed by atoms with E-state index in [9.17, 15) is 8.78 Å². The Hall–Kier alpha value is -2.32. The molecule has 0 atom stereocenters. The first-order chi connectivity index (χ1) is 9.70. The Bertz CT molecular complexity index is 598. The number of nitriles is 1. The summed E-state index contributed by atoms with van der Waals surface area (Å²) in [5, 5.41) is 11.6. The van der Waals surface area contributed by atoms with Gasteiger partial charge < -0.3 is 5.32 Å². The second-order valence-electron chi connectivity index (χ2n) is 4.32. The van der Waals surface area contributed by atoms with Crippen LogP contribution in [0.1, 0.15) is 16.7 Å². The molecule has 1 aromatic carbocycles. The van der Waals surface area contributed by atoms with Gasteiger partial charge in [-0.15, -0.1) is 0 Å². The number of pyridine rings is 1. The maximum Gasteiger partial charge on any atom is 0.131 e. The minimum Gasteiger partial charge on any atom is -0.312 e. The predicted octanol–water partition coefficient (Wildman–Crippen LogP) is 2.56. The van der Waals surface area contributed by atoms with Crippen LogP contribution in [0.5, 0.6) is 0 Å². The second-order valence-corrected chi connectivity index (χ2v) is 4.32. The predicted molar refractivity (Wildman–Crippen MR) is 70.7 cm³/mol. The van der Waals surface area contributed by atoms with E-state index >= 15 is 0 Å². The van der Waals surface area contributed by atoms with Gasteiger partial charge in [0.2, 0.25) is 0 Å². The van der Waals surface area contributed by atoms with Crippen molar-refractivity contribution in [2.24, 2.45) is 0 Å². The molecule has 5 heteroatoms. The molecule has 0 saturated heterocycles. The third kappa shape index (κ3) is 3.59. The fourth-order valence-corrected chi connectivity index (χ4v) is 1.83. The topological polar surface area (TPSA) is 48.7 Å². The summed E-state index contributed by atoms with van der Waals surface area (Å²) in [6, 6.07) is 7.59. The average molecular weight is 273 g/mol. The number of aromatic nitrogens is 1. The van der Waals surface area contributed by atoms with Gasteiger partial charge in [0, 0.05) is 24.5 Å². The van der Waals surface area contributed by atoms with Crippen LogP contribution in [0, 0.1) is 23.0 Å².